The number of carboxylic acids is 2. The van der Waals surface area contributed by atoms with E-state index >= 15 is 0 Å². The van der Waals surface area contributed by atoms with E-state index in [-0.39, 0.29) is 31.0 Å². The highest BCUT2D eigenvalue weighted by Gasteiger charge is 2.23. The van der Waals surface area contributed by atoms with Crippen LogP contribution in [-0.4, -0.2) is 52.9 Å². The third-order valence-electron chi connectivity index (χ3n) is 7.43. The Bertz CT molecular complexity index is 1740. The van der Waals surface area contributed by atoms with Crippen molar-refractivity contribution in [3.63, 3.8) is 0 Å². The van der Waals surface area contributed by atoms with Crippen molar-refractivity contribution in [3.8, 4) is 40.0 Å². The molecule has 0 radical (unpaired) electrons. The third kappa shape index (κ3) is 6.87. The zero-order chi connectivity index (χ0) is 31.9. The predicted octanol–water partition coefficient (Wildman–Crippen LogP) is 6.08. The molecule has 3 aromatic carbocycles. The van der Waals surface area contributed by atoms with E-state index in [0.717, 1.165) is 12.8 Å². The van der Waals surface area contributed by atoms with Crippen LogP contribution < -0.4 is 23.7 Å². The maximum atomic E-state index is 12.6. The number of benzene rings is 3. The summed E-state index contributed by atoms with van der Waals surface area (Å²) >= 11 is 0. The molecule has 45 heavy (non-hydrogen) atoms. The van der Waals surface area contributed by atoms with Crippen LogP contribution >= 0.6 is 0 Å². The summed E-state index contributed by atoms with van der Waals surface area (Å²) in [5, 5.41) is 24.6. The van der Waals surface area contributed by atoms with Gasteiger partial charge in [-0.2, -0.15) is 5.10 Å². The van der Waals surface area contributed by atoms with Gasteiger partial charge in [0.15, 0.2) is 11.5 Å². The topological polar surface area (TPSA) is 139 Å². The summed E-state index contributed by atoms with van der Waals surface area (Å²) in [6.07, 6.45) is 5.05. The predicted molar refractivity (Wildman–Crippen MR) is 165 cm³/mol. The number of nitrogens with zero attached hydrogens (tertiary/aromatic N) is 2. The highest BCUT2D eigenvalue weighted by atomic mass is 16.7. The molecule has 0 unspecified atom stereocenters. The number of fused-ring (bicyclic) bond motifs is 1. The summed E-state index contributed by atoms with van der Waals surface area (Å²) in [5.74, 6) is 0.360. The number of aromatic carboxylic acids is 1. The Hall–Kier alpha value is -5.45. The monoisotopic (exact) mass is 614 g/mol. The molecule has 234 valence electrons. The molecule has 0 aliphatic carbocycles. The van der Waals surface area contributed by atoms with Crippen molar-refractivity contribution < 1.29 is 43.5 Å². The first-order chi connectivity index (χ1) is 21.8. The van der Waals surface area contributed by atoms with Gasteiger partial charge in [0, 0.05) is 52.9 Å². The molecule has 0 saturated heterocycles. The zero-order valence-electron chi connectivity index (χ0n) is 25.2. The molecule has 11 nitrogen and oxygen atoms in total. The van der Waals surface area contributed by atoms with Gasteiger partial charge in [0.1, 0.15) is 23.9 Å². The van der Waals surface area contributed by atoms with Crippen molar-refractivity contribution >= 4 is 18.0 Å². The molecular weight excluding hydrogens is 580 g/mol. The lowest BCUT2D eigenvalue weighted by Gasteiger charge is -2.16. The molecule has 2 N–H and O–H groups in total. The fourth-order valence-electron chi connectivity index (χ4n) is 5.11. The minimum Gasteiger partial charge on any atom is -0.497 e. The minimum atomic E-state index is -1.10. The largest absolute Gasteiger partial charge is 0.497 e. The standard InChI is InChI=1S/C34H34N2O9/c1-4-5-12-36-32(27-11-10-25(41-2)16-29(27)43-19-21-8-6-7-9-26(21)34(39)40)24(18-35-36)14-23(33(37)38)13-22-15-30-31(45-20-44-30)17-28(22)42-3/h6-11,14-18H,4-5,12-13,19-20H2,1-3H3,(H,37,38)(H,39,40)/b23-14-. The molecule has 0 bridgehead atoms. The Morgan fingerprint density at radius 1 is 0.978 bits per heavy atom. The van der Waals surface area contributed by atoms with E-state index in [1.165, 1.54) is 13.2 Å². The van der Waals surface area contributed by atoms with E-state index in [2.05, 4.69) is 12.0 Å². The number of hydrogen-bond acceptors (Lipinski definition) is 8. The molecule has 0 atom stereocenters. The second-order valence-electron chi connectivity index (χ2n) is 10.3. The Kier molecular flexibility index (Phi) is 9.57. The van der Waals surface area contributed by atoms with Crippen molar-refractivity contribution in [1.29, 1.82) is 0 Å². The summed E-state index contributed by atoms with van der Waals surface area (Å²) in [7, 11) is 3.06. The van der Waals surface area contributed by atoms with Gasteiger partial charge >= 0.3 is 11.9 Å². The molecule has 0 amide bonds. The van der Waals surface area contributed by atoms with Gasteiger partial charge in [0.25, 0.3) is 0 Å². The summed E-state index contributed by atoms with van der Waals surface area (Å²) < 4.78 is 30.0. The minimum absolute atomic E-state index is 0.0127. The number of carboxylic acid groups (broad SMARTS) is 2. The van der Waals surface area contributed by atoms with Crippen LogP contribution in [0.1, 0.15) is 46.8 Å². The molecule has 5 rings (SSSR count). The average molecular weight is 615 g/mol. The van der Waals surface area contributed by atoms with Gasteiger partial charge in [-0.15, -0.1) is 0 Å². The number of aliphatic carboxylic acids is 1. The van der Waals surface area contributed by atoms with Crippen molar-refractivity contribution in [1.82, 2.24) is 9.78 Å². The summed E-state index contributed by atoms with van der Waals surface area (Å²) in [5.41, 5.74) is 3.26. The first-order valence-corrected chi connectivity index (χ1v) is 14.4. The lowest BCUT2D eigenvalue weighted by Crippen LogP contribution is -2.08. The van der Waals surface area contributed by atoms with Crippen LogP contribution in [0.4, 0.5) is 0 Å². The molecule has 2 heterocycles. The summed E-state index contributed by atoms with van der Waals surface area (Å²) in [6.45, 7) is 2.73. The van der Waals surface area contributed by atoms with Gasteiger partial charge in [-0.3, -0.25) is 4.68 Å². The van der Waals surface area contributed by atoms with Crippen molar-refractivity contribution in [2.75, 3.05) is 21.0 Å². The molecule has 11 heteroatoms. The maximum absolute atomic E-state index is 12.6. The molecule has 1 aromatic heterocycles. The quantitative estimate of drug-likeness (QED) is 0.161. The first-order valence-electron chi connectivity index (χ1n) is 14.4. The fourth-order valence-corrected chi connectivity index (χ4v) is 5.11. The Morgan fingerprint density at radius 2 is 1.76 bits per heavy atom. The molecule has 1 aliphatic rings. The second kappa shape index (κ2) is 13.9. The molecule has 1 aliphatic heterocycles. The lowest BCUT2D eigenvalue weighted by atomic mass is 9.99. The maximum Gasteiger partial charge on any atom is 0.336 e. The number of unbranched alkanes of at least 4 members (excludes halogenated alkanes) is 1. The van der Waals surface area contributed by atoms with Gasteiger partial charge in [-0.1, -0.05) is 31.5 Å². The van der Waals surface area contributed by atoms with Crippen molar-refractivity contribution in [3.05, 3.63) is 88.6 Å². The highest BCUT2D eigenvalue weighted by Crippen LogP contribution is 2.40. The Balaban J connectivity index is 1.58. The van der Waals surface area contributed by atoms with Gasteiger partial charge in [0.05, 0.1) is 31.7 Å². The van der Waals surface area contributed by atoms with E-state index in [0.29, 0.717) is 63.2 Å². The van der Waals surface area contributed by atoms with Crippen LogP contribution in [0.3, 0.4) is 0 Å². The van der Waals surface area contributed by atoms with Gasteiger partial charge in [0.2, 0.25) is 6.79 Å². The van der Waals surface area contributed by atoms with Gasteiger partial charge in [-0.05, 0) is 36.8 Å². The van der Waals surface area contributed by atoms with E-state index in [1.807, 2.05) is 10.7 Å². The smallest absolute Gasteiger partial charge is 0.336 e. The average Bonchev–Trinajstić information content (AvgIpc) is 3.68. The SMILES string of the molecule is CCCCn1ncc(/C=C(/Cc2cc3c(cc2OC)OCO3)C(=O)O)c1-c1ccc(OC)cc1OCc1ccccc1C(=O)O. The van der Waals surface area contributed by atoms with E-state index in [4.69, 9.17) is 23.7 Å². The number of rotatable bonds is 14. The lowest BCUT2D eigenvalue weighted by molar-refractivity contribution is -0.132. The van der Waals surface area contributed by atoms with Crippen LogP contribution in [0.15, 0.2) is 66.4 Å². The Morgan fingerprint density at radius 3 is 2.47 bits per heavy atom. The van der Waals surface area contributed by atoms with E-state index in [1.54, 1.807) is 61.8 Å². The van der Waals surface area contributed by atoms with Crippen LogP contribution in [0.2, 0.25) is 0 Å². The van der Waals surface area contributed by atoms with Crippen molar-refractivity contribution in [2.24, 2.45) is 0 Å². The molecule has 0 spiro atoms. The zero-order valence-corrected chi connectivity index (χ0v) is 25.2. The van der Waals surface area contributed by atoms with Crippen LogP contribution in [0.25, 0.3) is 17.3 Å². The van der Waals surface area contributed by atoms with E-state index < -0.39 is 11.9 Å². The second-order valence-corrected chi connectivity index (χ2v) is 10.3. The first kappa shape index (κ1) is 31.0. The number of aromatic nitrogens is 2. The molecule has 0 fully saturated rings. The third-order valence-corrected chi connectivity index (χ3v) is 7.43. The normalized spacial score (nSPS) is 12.2. The summed E-state index contributed by atoms with van der Waals surface area (Å²) in [6, 6.07) is 15.4. The van der Waals surface area contributed by atoms with Crippen LogP contribution in [0, 0.1) is 0 Å². The van der Waals surface area contributed by atoms with Crippen LogP contribution in [0.5, 0.6) is 28.7 Å². The van der Waals surface area contributed by atoms with E-state index in [9.17, 15) is 19.8 Å². The van der Waals surface area contributed by atoms with Gasteiger partial charge in [-0.25, -0.2) is 9.59 Å². The Labute approximate surface area is 260 Å². The number of hydrogen-bond donors (Lipinski definition) is 2. The van der Waals surface area contributed by atoms with Crippen LogP contribution in [-0.2, 0) is 24.4 Å². The van der Waals surface area contributed by atoms with Gasteiger partial charge < -0.3 is 33.9 Å². The summed E-state index contributed by atoms with van der Waals surface area (Å²) in [4.78, 5) is 24.4. The highest BCUT2D eigenvalue weighted by molar-refractivity contribution is 5.94. The number of aryl methyl sites for hydroxylation is 1. The number of ether oxygens (including phenoxy) is 5. The molecule has 4 aromatic rings. The van der Waals surface area contributed by atoms with Crippen molar-refractivity contribution in [2.45, 2.75) is 39.3 Å². The molecular formula is C34H34N2O9. The number of methoxy groups -OCH3 is 2. The molecule has 0 saturated carbocycles. The fraction of sp³-hybridized carbons (Fsp3) is 0.265. The number of carbonyl (C=O) groups is 2.